The third-order valence-electron chi connectivity index (χ3n) is 6.21. The highest BCUT2D eigenvalue weighted by Gasteiger charge is 2.28. The maximum atomic E-state index is 12.6. The van der Waals surface area contributed by atoms with E-state index in [1.807, 2.05) is 12.3 Å². The monoisotopic (exact) mass is 508 g/mol. The fraction of sp³-hybridized carbons (Fsp3) is 0.296. The molecule has 1 unspecified atom stereocenters. The zero-order chi connectivity index (χ0) is 25.1. The highest BCUT2D eigenvalue weighted by molar-refractivity contribution is 6.32. The van der Waals surface area contributed by atoms with E-state index in [1.54, 1.807) is 36.4 Å². The van der Waals surface area contributed by atoms with Gasteiger partial charge in [0.2, 0.25) is 0 Å². The summed E-state index contributed by atoms with van der Waals surface area (Å²) >= 11 is 6.38. The highest BCUT2D eigenvalue weighted by Crippen LogP contribution is 2.42. The Labute approximate surface area is 213 Å². The van der Waals surface area contributed by atoms with Gasteiger partial charge in [0.15, 0.2) is 0 Å². The van der Waals surface area contributed by atoms with E-state index in [0.717, 1.165) is 12.1 Å². The molecule has 3 aromatic rings. The largest absolute Gasteiger partial charge is 0.506 e. The summed E-state index contributed by atoms with van der Waals surface area (Å²) in [5.74, 6) is 1.71. The van der Waals surface area contributed by atoms with Crippen LogP contribution in [0.1, 0.15) is 58.5 Å². The van der Waals surface area contributed by atoms with Crippen LogP contribution in [0, 0.1) is 0 Å². The molecule has 1 atom stereocenters. The molecule has 2 aliphatic rings. The molecule has 36 heavy (non-hydrogen) atoms. The fourth-order valence-electron chi connectivity index (χ4n) is 4.28. The minimum absolute atomic E-state index is 0.164. The molecule has 1 aliphatic heterocycles. The van der Waals surface area contributed by atoms with Gasteiger partial charge in [-0.1, -0.05) is 17.7 Å². The van der Waals surface area contributed by atoms with Crippen molar-refractivity contribution < 1.29 is 28.9 Å². The number of rotatable bonds is 8. The van der Waals surface area contributed by atoms with Crippen LogP contribution in [0.25, 0.3) is 0 Å². The van der Waals surface area contributed by atoms with E-state index in [1.165, 1.54) is 18.4 Å². The lowest BCUT2D eigenvalue weighted by molar-refractivity contribution is 0.0326. The maximum absolute atomic E-state index is 12.6. The number of ether oxygens (including phenoxy) is 3. The van der Waals surface area contributed by atoms with Crippen LogP contribution in [0.4, 0.5) is 4.79 Å². The molecule has 1 aromatic heterocycles. The van der Waals surface area contributed by atoms with Crippen molar-refractivity contribution in [3.8, 4) is 17.2 Å². The standard InChI is InChI=1S/C27H25ClN2O6/c28-21-14-20-22(36-27(32)33)10-13-34-23(20)15-24(21)35-19-7-5-18(6-8-19)26(31)30-12-9-16-2-1-11-29-25(16)17-3-4-17/h1-2,5-8,11,14-15,17,22H,3-4,9-10,12-13H2,(H,30,31)(H,32,33). The maximum Gasteiger partial charge on any atom is 0.506 e. The third-order valence-corrected chi connectivity index (χ3v) is 6.50. The third kappa shape index (κ3) is 5.54. The number of benzene rings is 2. The number of carboxylic acid groups (broad SMARTS) is 1. The molecule has 0 radical (unpaired) electrons. The van der Waals surface area contributed by atoms with Crippen LogP contribution in [0.5, 0.6) is 17.2 Å². The molecule has 2 heterocycles. The zero-order valence-corrected chi connectivity index (χ0v) is 20.2. The second-order valence-corrected chi connectivity index (χ2v) is 9.19. The predicted octanol–water partition coefficient (Wildman–Crippen LogP) is 5.90. The quantitative estimate of drug-likeness (QED) is 0.365. The molecule has 5 rings (SSSR count). The summed E-state index contributed by atoms with van der Waals surface area (Å²) < 4.78 is 16.5. The second-order valence-electron chi connectivity index (χ2n) is 8.78. The van der Waals surface area contributed by atoms with Crippen LogP contribution < -0.4 is 14.8 Å². The summed E-state index contributed by atoms with van der Waals surface area (Å²) in [7, 11) is 0. The summed E-state index contributed by atoms with van der Waals surface area (Å²) in [6.07, 6.45) is 3.35. The van der Waals surface area contributed by atoms with E-state index >= 15 is 0 Å². The van der Waals surface area contributed by atoms with E-state index < -0.39 is 12.3 Å². The van der Waals surface area contributed by atoms with Gasteiger partial charge in [0.25, 0.3) is 5.91 Å². The van der Waals surface area contributed by atoms with E-state index in [2.05, 4.69) is 16.4 Å². The molecule has 186 valence electrons. The Morgan fingerprint density at radius 3 is 2.69 bits per heavy atom. The lowest BCUT2D eigenvalue weighted by atomic mass is 10.0. The molecule has 2 N–H and O–H groups in total. The number of carbonyl (C=O) groups is 2. The first-order valence-electron chi connectivity index (χ1n) is 11.8. The van der Waals surface area contributed by atoms with E-state index in [-0.39, 0.29) is 5.91 Å². The van der Waals surface area contributed by atoms with E-state index in [4.69, 9.17) is 30.9 Å². The number of halogens is 1. The van der Waals surface area contributed by atoms with Gasteiger partial charge in [0.05, 0.1) is 11.6 Å². The SMILES string of the molecule is O=C(O)OC1CCOc2cc(Oc3ccc(C(=O)NCCc4cccnc4C4CC4)cc3)c(Cl)cc21. The van der Waals surface area contributed by atoms with Gasteiger partial charge >= 0.3 is 6.16 Å². The van der Waals surface area contributed by atoms with Crippen LogP contribution in [-0.2, 0) is 11.2 Å². The summed E-state index contributed by atoms with van der Waals surface area (Å²) in [4.78, 5) is 28.1. The van der Waals surface area contributed by atoms with Gasteiger partial charge in [-0.3, -0.25) is 9.78 Å². The first kappa shape index (κ1) is 23.9. The van der Waals surface area contributed by atoms with Crippen molar-refractivity contribution in [2.45, 2.75) is 37.7 Å². The molecule has 1 fully saturated rings. The normalized spacial score (nSPS) is 16.4. The number of nitrogens with zero attached hydrogens (tertiary/aromatic N) is 1. The van der Waals surface area contributed by atoms with Gasteiger partial charge in [-0.05, 0) is 61.2 Å². The molecule has 0 saturated heterocycles. The Morgan fingerprint density at radius 2 is 1.94 bits per heavy atom. The molecular formula is C27H25ClN2O6. The van der Waals surface area contributed by atoms with Gasteiger partial charge in [0.1, 0.15) is 23.4 Å². The topological polar surface area (TPSA) is 107 Å². The minimum Gasteiger partial charge on any atom is -0.493 e. The second kappa shape index (κ2) is 10.5. The van der Waals surface area contributed by atoms with E-state index in [0.29, 0.717) is 58.9 Å². The van der Waals surface area contributed by atoms with Gasteiger partial charge in [-0.25, -0.2) is 4.79 Å². The van der Waals surface area contributed by atoms with Crippen molar-refractivity contribution in [1.82, 2.24) is 10.3 Å². The molecule has 8 nitrogen and oxygen atoms in total. The van der Waals surface area contributed by atoms with Crippen LogP contribution in [0.3, 0.4) is 0 Å². The highest BCUT2D eigenvalue weighted by atomic mass is 35.5. The van der Waals surface area contributed by atoms with Gasteiger partial charge in [-0.15, -0.1) is 0 Å². The number of aromatic nitrogens is 1. The molecular weight excluding hydrogens is 484 g/mol. The van der Waals surface area contributed by atoms with Crippen LogP contribution in [0.2, 0.25) is 5.02 Å². The molecule has 1 aliphatic carbocycles. The van der Waals surface area contributed by atoms with Crippen molar-refractivity contribution >= 4 is 23.7 Å². The van der Waals surface area contributed by atoms with Gasteiger partial charge < -0.3 is 24.6 Å². The van der Waals surface area contributed by atoms with Gasteiger partial charge in [-0.2, -0.15) is 0 Å². The van der Waals surface area contributed by atoms with Crippen molar-refractivity contribution in [3.63, 3.8) is 0 Å². The molecule has 0 spiro atoms. The summed E-state index contributed by atoms with van der Waals surface area (Å²) in [6, 6.07) is 14.0. The van der Waals surface area contributed by atoms with Crippen molar-refractivity contribution in [3.05, 3.63) is 82.1 Å². The smallest absolute Gasteiger partial charge is 0.493 e. The number of fused-ring (bicyclic) bond motifs is 1. The number of pyridine rings is 1. The first-order chi connectivity index (χ1) is 17.5. The summed E-state index contributed by atoms with van der Waals surface area (Å²) in [5.41, 5.74) is 3.42. The lowest BCUT2D eigenvalue weighted by Gasteiger charge is -2.25. The van der Waals surface area contributed by atoms with Crippen LogP contribution in [-0.4, -0.2) is 35.3 Å². The Hall–Kier alpha value is -3.78. The average molecular weight is 509 g/mol. The first-order valence-corrected chi connectivity index (χ1v) is 12.2. The van der Waals surface area contributed by atoms with Gasteiger partial charge in [0, 0.05) is 48.0 Å². The average Bonchev–Trinajstić information content (AvgIpc) is 3.71. The Morgan fingerprint density at radius 1 is 1.14 bits per heavy atom. The van der Waals surface area contributed by atoms with Crippen molar-refractivity contribution in [1.29, 1.82) is 0 Å². The minimum atomic E-state index is -1.35. The number of amides is 1. The lowest BCUT2D eigenvalue weighted by Crippen LogP contribution is -2.25. The van der Waals surface area contributed by atoms with Crippen LogP contribution >= 0.6 is 11.6 Å². The summed E-state index contributed by atoms with van der Waals surface area (Å²) in [5, 5.41) is 12.2. The molecule has 1 saturated carbocycles. The Bertz CT molecular complexity index is 1280. The molecule has 2 aromatic carbocycles. The fourth-order valence-corrected chi connectivity index (χ4v) is 4.49. The number of carbonyl (C=O) groups excluding carboxylic acids is 1. The van der Waals surface area contributed by atoms with E-state index in [9.17, 15) is 9.59 Å². The predicted molar refractivity (Wildman–Crippen MR) is 132 cm³/mol. The molecule has 1 amide bonds. The van der Waals surface area contributed by atoms with Crippen molar-refractivity contribution in [2.24, 2.45) is 0 Å². The Balaban J connectivity index is 1.19. The number of hydrogen-bond donors (Lipinski definition) is 2. The number of nitrogens with one attached hydrogen (secondary N) is 1. The van der Waals surface area contributed by atoms with Crippen molar-refractivity contribution in [2.75, 3.05) is 13.2 Å². The molecule has 9 heteroatoms. The Kier molecular flexibility index (Phi) is 6.95. The number of hydrogen-bond acceptors (Lipinski definition) is 6. The van der Waals surface area contributed by atoms with Crippen LogP contribution in [0.15, 0.2) is 54.7 Å². The summed E-state index contributed by atoms with van der Waals surface area (Å²) in [6.45, 7) is 0.846. The zero-order valence-electron chi connectivity index (χ0n) is 19.4. The molecule has 0 bridgehead atoms.